The number of para-hydroxylation sites is 4. The molecule has 0 fully saturated rings. The first-order valence-electron chi connectivity index (χ1n) is 17.2. The van der Waals surface area contributed by atoms with E-state index in [0.717, 1.165) is 5.69 Å². The van der Waals surface area contributed by atoms with Gasteiger partial charge in [-0.2, -0.15) is 0 Å². The van der Waals surface area contributed by atoms with Crippen LogP contribution in [-0.2, 0) is 0 Å². The fourth-order valence-corrected chi connectivity index (χ4v) is 7.97. The van der Waals surface area contributed by atoms with Gasteiger partial charge in [-0.05, 0) is 64.7 Å². The molecule has 0 saturated heterocycles. The summed E-state index contributed by atoms with van der Waals surface area (Å²) >= 11 is 0. The average molecular weight is 637 g/mol. The summed E-state index contributed by atoms with van der Waals surface area (Å²) in [5, 5.41) is 4.99. The molecule has 0 N–H and O–H groups in total. The van der Waals surface area contributed by atoms with E-state index in [9.17, 15) is 0 Å². The van der Waals surface area contributed by atoms with Crippen molar-refractivity contribution >= 4 is 43.6 Å². The second-order valence-electron chi connectivity index (χ2n) is 12.9. The third kappa shape index (κ3) is 4.36. The minimum atomic E-state index is 1.16. The zero-order valence-corrected chi connectivity index (χ0v) is 27.4. The van der Waals surface area contributed by atoms with Crippen molar-refractivity contribution in [1.82, 2.24) is 9.13 Å². The second kappa shape index (κ2) is 11.5. The van der Waals surface area contributed by atoms with Gasteiger partial charge in [-0.1, -0.05) is 152 Å². The highest BCUT2D eigenvalue weighted by atomic mass is 15.0. The Balaban J connectivity index is 1.34. The van der Waals surface area contributed by atoms with E-state index in [-0.39, 0.29) is 0 Å². The van der Waals surface area contributed by atoms with Crippen LogP contribution in [0.4, 0.5) is 0 Å². The third-order valence-electron chi connectivity index (χ3n) is 10.1. The summed E-state index contributed by atoms with van der Waals surface area (Å²) in [6.45, 7) is 0. The standard InChI is InChI=1S/C48H32N2/c1-4-16-33(17-5-1)38-30-29-37(35-28-31-46-42(32-35)41-24-12-13-25-43(41)49(46)36-20-8-3-9-21-36)47(34-18-6-2-7-19-34)48(38)50-44-26-14-10-22-39(44)40-23-11-15-27-45(40)50/h1-32H. The molecule has 0 saturated carbocycles. The minimum absolute atomic E-state index is 1.16. The Morgan fingerprint density at radius 3 is 1.36 bits per heavy atom. The van der Waals surface area contributed by atoms with Crippen molar-refractivity contribution in [3.63, 3.8) is 0 Å². The Labute approximate surface area is 290 Å². The number of rotatable bonds is 5. The number of hydrogen-bond acceptors (Lipinski definition) is 0. The van der Waals surface area contributed by atoms with Crippen molar-refractivity contribution < 1.29 is 0 Å². The van der Waals surface area contributed by atoms with Crippen molar-refractivity contribution in [1.29, 1.82) is 0 Å². The summed E-state index contributed by atoms with van der Waals surface area (Å²) in [7, 11) is 0. The average Bonchev–Trinajstić information content (AvgIpc) is 3.71. The minimum Gasteiger partial charge on any atom is -0.309 e. The maximum atomic E-state index is 2.50. The van der Waals surface area contributed by atoms with E-state index in [1.165, 1.54) is 82.7 Å². The molecule has 0 aliphatic carbocycles. The lowest BCUT2D eigenvalue weighted by molar-refractivity contribution is 1.18. The molecule has 0 radical (unpaired) electrons. The van der Waals surface area contributed by atoms with Crippen LogP contribution in [0, 0.1) is 0 Å². The van der Waals surface area contributed by atoms with Gasteiger partial charge in [0.15, 0.2) is 0 Å². The van der Waals surface area contributed by atoms with E-state index >= 15 is 0 Å². The maximum Gasteiger partial charge on any atom is 0.0625 e. The molecule has 10 rings (SSSR count). The first-order valence-corrected chi connectivity index (χ1v) is 17.2. The van der Waals surface area contributed by atoms with Crippen LogP contribution in [0.5, 0.6) is 0 Å². The summed E-state index contributed by atoms with van der Waals surface area (Å²) in [6.07, 6.45) is 0. The second-order valence-corrected chi connectivity index (χ2v) is 12.9. The van der Waals surface area contributed by atoms with E-state index < -0.39 is 0 Å². The van der Waals surface area contributed by atoms with E-state index in [2.05, 4.69) is 203 Å². The molecule has 234 valence electrons. The SMILES string of the molecule is c1ccc(-c2ccc(-c3ccc4c(c3)c3ccccc3n4-c3ccccc3)c(-c3ccccc3)c2-n2c3ccccc3c3ccccc32)cc1. The summed E-state index contributed by atoms with van der Waals surface area (Å²) in [5.74, 6) is 0. The molecular weight excluding hydrogens is 605 g/mol. The molecule has 0 aliphatic heterocycles. The third-order valence-corrected chi connectivity index (χ3v) is 10.1. The summed E-state index contributed by atoms with van der Waals surface area (Å²) in [6, 6.07) is 70.5. The van der Waals surface area contributed by atoms with E-state index in [4.69, 9.17) is 0 Å². The molecule has 50 heavy (non-hydrogen) atoms. The normalized spacial score (nSPS) is 11.6. The van der Waals surface area contributed by atoms with Gasteiger partial charge in [-0.3, -0.25) is 0 Å². The fourth-order valence-electron chi connectivity index (χ4n) is 7.97. The molecule has 0 amide bonds. The molecule has 0 atom stereocenters. The Morgan fingerprint density at radius 2 is 0.740 bits per heavy atom. The predicted octanol–water partition coefficient (Wildman–Crippen LogP) is 12.9. The van der Waals surface area contributed by atoms with Gasteiger partial charge < -0.3 is 9.13 Å². The molecule has 2 heteroatoms. The van der Waals surface area contributed by atoms with Crippen LogP contribution >= 0.6 is 0 Å². The van der Waals surface area contributed by atoms with Crippen LogP contribution < -0.4 is 0 Å². The molecule has 10 aromatic rings. The Morgan fingerprint density at radius 1 is 0.280 bits per heavy atom. The largest absolute Gasteiger partial charge is 0.309 e. The zero-order chi connectivity index (χ0) is 33.0. The van der Waals surface area contributed by atoms with E-state index in [1.807, 2.05) is 0 Å². The van der Waals surface area contributed by atoms with Gasteiger partial charge >= 0.3 is 0 Å². The lowest BCUT2D eigenvalue weighted by atomic mass is 9.88. The Bertz CT molecular complexity index is 2790. The molecule has 2 heterocycles. The monoisotopic (exact) mass is 636 g/mol. The van der Waals surface area contributed by atoms with Gasteiger partial charge in [0, 0.05) is 38.4 Å². The van der Waals surface area contributed by atoms with Crippen molar-refractivity contribution in [2.45, 2.75) is 0 Å². The molecular formula is C48H32N2. The number of aromatic nitrogens is 2. The van der Waals surface area contributed by atoms with Gasteiger partial charge in [0.05, 0.1) is 27.8 Å². The lowest BCUT2D eigenvalue weighted by Gasteiger charge is -2.22. The Kier molecular flexibility index (Phi) is 6.53. The molecule has 2 nitrogen and oxygen atoms in total. The molecule has 8 aromatic carbocycles. The van der Waals surface area contributed by atoms with Crippen LogP contribution in [0.2, 0.25) is 0 Å². The number of nitrogens with zero attached hydrogens (tertiary/aromatic N) is 2. The highest BCUT2D eigenvalue weighted by Gasteiger charge is 2.23. The zero-order valence-electron chi connectivity index (χ0n) is 27.4. The molecule has 0 unspecified atom stereocenters. The van der Waals surface area contributed by atoms with Crippen molar-refractivity contribution in [3.05, 3.63) is 194 Å². The van der Waals surface area contributed by atoms with Crippen molar-refractivity contribution in [3.8, 4) is 44.8 Å². The van der Waals surface area contributed by atoms with Crippen LogP contribution in [-0.4, -0.2) is 9.13 Å². The van der Waals surface area contributed by atoms with Gasteiger partial charge in [0.1, 0.15) is 0 Å². The van der Waals surface area contributed by atoms with Crippen LogP contribution in [0.15, 0.2) is 194 Å². The molecule has 0 aliphatic rings. The highest BCUT2D eigenvalue weighted by Crippen LogP contribution is 2.46. The predicted molar refractivity (Wildman–Crippen MR) is 211 cm³/mol. The highest BCUT2D eigenvalue weighted by molar-refractivity contribution is 6.13. The Hall–Kier alpha value is -6.64. The summed E-state index contributed by atoms with van der Waals surface area (Å²) in [4.78, 5) is 0. The van der Waals surface area contributed by atoms with Gasteiger partial charge in [0.2, 0.25) is 0 Å². The van der Waals surface area contributed by atoms with E-state index in [0.29, 0.717) is 0 Å². The van der Waals surface area contributed by atoms with Crippen LogP contribution in [0.1, 0.15) is 0 Å². The number of fused-ring (bicyclic) bond motifs is 6. The number of benzene rings is 8. The van der Waals surface area contributed by atoms with Crippen LogP contribution in [0.25, 0.3) is 88.4 Å². The molecule has 2 aromatic heterocycles. The van der Waals surface area contributed by atoms with Crippen LogP contribution in [0.3, 0.4) is 0 Å². The van der Waals surface area contributed by atoms with Gasteiger partial charge in [0.25, 0.3) is 0 Å². The number of hydrogen-bond donors (Lipinski definition) is 0. The molecule has 0 spiro atoms. The first kappa shape index (κ1) is 28.4. The smallest absolute Gasteiger partial charge is 0.0625 e. The first-order chi connectivity index (χ1) is 24.8. The summed E-state index contributed by atoms with van der Waals surface area (Å²) in [5.41, 5.74) is 14.3. The lowest BCUT2D eigenvalue weighted by Crippen LogP contribution is -2.02. The van der Waals surface area contributed by atoms with Crippen molar-refractivity contribution in [2.24, 2.45) is 0 Å². The van der Waals surface area contributed by atoms with Crippen molar-refractivity contribution in [2.75, 3.05) is 0 Å². The topological polar surface area (TPSA) is 9.86 Å². The summed E-state index contributed by atoms with van der Waals surface area (Å²) < 4.78 is 4.88. The van der Waals surface area contributed by atoms with Gasteiger partial charge in [-0.15, -0.1) is 0 Å². The quantitative estimate of drug-likeness (QED) is 0.178. The fraction of sp³-hybridized carbons (Fsp3) is 0. The molecule has 0 bridgehead atoms. The maximum absolute atomic E-state index is 2.50. The van der Waals surface area contributed by atoms with E-state index in [1.54, 1.807) is 0 Å². The van der Waals surface area contributed by atoms with Gasteiger partial charge in [-0.25, -0.2) is 0 Å².